The van der Waals surface area contributed by atoms with Gasteiger partial charge in [0.1, 0.15) is 30.4 Å². The van der Waals surface area contributed by atoms with Crippen molar-refractivity contribution in [3.63, 3.8) is 0 Å². The number of aliphatic hydroxyl groups excluding tert-OH is 3. The van der Waals surface area contributed by atoms with Gasteiger partial charge in [0.2, 0.25) is 0 Å². The van der Waals surface area contributed by atoms with E-state index in [4.69, 9.17) is 15.4 Å². The number of anilines is 1. The van der Waals surface area contributed by atoms with Gasteiger partial charge in [-0.3, -0.25) is 13.6 Å². The first-order valence-corrected chi connectivity index (χ1v) is 13.2. The Morgan fingerprint density at radius 2 is 1.73 bits per heavy atom. The molecule has 0 spiro atoms. The fraction of sp³-hybridized carbons (Fsp3) is 0.667. The lowest BCUT2D eigenvalue weighted by atomic mass is 10.0. The Balaban J connectivity index is 2.18. The number of nitrogens with two attached hydrogens (primary N) is 1. The highest BCUT2D eigenvalue weighted by atomic mass is 31.3. The zero-order valence-corrected chi connectivity index (χ0v) is 19.3. The molecule has 2 rings (SSSR count). The van der Waals surface area contributed by atoms with E-state index >= 15 is 0 Å². The van der Waals surface area contributed by atoms with E-state index in [2.05, 4.69) is 22.7 Å². The molecule has 18 nitrogen and oxygen atoms in total. The van der Waals surface area contributed by atoms with E-state index in [9.17, 15) is 43.6 Å². The van der Waals surface area contributed by atoms with Crippen LogP contribution in [0.4, 0.5) is 5.82 Å². The van der Waals surface area contributed by atoms with E-state index in [-0.39, 0.29) is 5.82 Å². The van der Waals surface area contributed by atoms with Gasteiger partial charge in [0.05, 0.1) is 12.7 Å². The van der Waals surface area contributed by atoms with Crippen LogP contribution in [0.5, 0.6) is 0 Å². The first-order valence-electron chi connectivity index (χ1n) is 8.71. The van der Waals surface area contributed by atoms with Crippen LogP contribution in [-0.2, 0) is 36.1 Å². The predicted molar refractivity (Wildman–Crippen MR) is 104 cm³/mol. The average Bonchev–Trinajstić information content (AvgIpc) is 2.76. The molecular weight excluding hydrogens is 519 g/mol. The molecule has 1 aromatic rings. The molecule has 3 unspecified atom stereocenters. The van der Waals surface area contributed by atoms with Crippen LogP contribution in [-0.4, -0.2) is 77.7 Å². The van der Waals surface area contributed by atoms with Crippen LogP contribution >= 0.6 is 23.5 Å². The Labute approximate surface area is 184 Å². The maximum absolute atomic E-state index is 12.1. The van der Waals surface area contributed by atoms with E-state index in [1.54, 1.807) is 0 Å². The van der Waals surface area contributed by atoms with Gasteiger partial charge >= 0.3 is 29.2 Å². The number of rotatable bonds is 9. The van der Waals surface area contributed by atoms with Crippen LogP contribution in [0.15, 0.2) is 17.1 Å². The smallest absolute Gasteiger partial charge is 0.390 e. The number of hydrogen-bond donors (Lipinski definition) is 7. The summed E-state index contributed by atoms with van der Waals surface area (Å²) in [6.45, 7) is -1.10. The monoisotopic (exact) mass is 541 g/mol. The molecule has 1 saturated heterocycles. The van der Waals surface area contributed by atoms with Crippen LogP contribution < -0.4 is 11.4 Å². The lowest BCUT2D eigenvalue weighted by molar-refractivity contribution is -0.130. The first kappa shape index (κ1) is 28.2. The molecule has 1 aliphatic heterocycles. The zero-order chi connectivity index (χ0) is 25.2. The molecule has 33 heavy (non-hydrogen) atoms. The molecule has 0 amide bonds. The van der Waals surface area contributed by atoms with E-state index in [1.807, 2.05) is 0 Å². The van der Waals surface area contributed by atoms with Crippen molar-refractivity contribution >= 4 is 29.3 Å². The van der Waals surface area contributed by atoms with Gasteiger partial charge < -0.3 is 40.5 Å². The lowest BCUT2D eigenvalue weighted by Gasteiger charge is -2.27. The van der Waals surface area contributed by atoms with Gasteiger partial charge in [-0.25, -0.2) is 18.5 Å². The highest BCUT2D eigenvalue weighted by molar-refractivity contribution is 7.66. The van der Waals surface area contributed by atoms with E-state index in [1.165, 1.54) is 6.07 Å². The third-order valence-corrected chi connectivity index (χ3v) is 8.35. The molecule has 8 atom stereocenters. The summed E-state index contributed by atoms with van der Waals surface area (Å²) in [5.74, 6) is -0.125. The molecule has 0 aromatic carbocycles. The molecule has 190 valence electrons. The van der Waals surface area contributed by atoms with E-state index < -0.39 is 72.8 Å². The van der Waals surface area contributed by atoms with Crippen molar-refractivity contribution in [2.75, 3.05) is 19.5 Å². The lowest BCUT2D eigenvalue weighted by Crippen LogP contribution is -2.44. The Hall–Kier alpha value is -1.07. The maximum Gasteiger partial charge on any atom is 0.490 e. The molecule has 1 fully saturated rings. The first-order chi connectivity index (χ1) is 15.1. The summed E-state index contributed by atoms with van der Waals surface area (Å²) < 4.78 is 57.0. The number of nitrogens with zero attached hydrogens (tertiary/aromatic N) is 2. The fourth-order valence-electron chi connectivity index (χ4n) is 2.59. The number of phosphoric acid groups is 3. The summed E-state index contributed by atoms with van der Waals surface area (Å²) in [7, 11) is -15.7. The molecule has 0 bridgehead atoms. The molecular formula is C12H22N3O15P3. The molecule has 0 saturated carbocycles. The van der Waals surface area contributed by atoms with Crippen molar-refractivity contribution in [3.05, 3.63) is 22.7 Å². The molecule has 2 heterocycles. The van der Waals surface area contributed by atoms with Crippen LogP contribution in [0.2, 0.25) is 0 Å². The average molecular weight is 541 g/mol. The van der Waals surface area contributed by atoms with Crippen LogP contribution in [0.1, 0.15) is 12.6 Å². The quantitative estimate of drug-likeness (QED) is 0.170. The third-order valence-electron chi connectivity index (χ3n) is 4.11. The van der Waals surface area contributed by atoms with Crippen LogP contribution in [0, 0.1) is 0 Å². The van der Waals surface area contributed by atoms with Crippen molar-refractivity contribution < 1.29 is 66.1 Å². The summed E-state index contributed by atoms with van der Waals surface area (Å²) in [6.07, 6.45) is -7.80. The molecule has 0 aliphatic carbocycles. The van der Waals surface area contributed by atoms with Crippen molar-refractivity contribution in [2.45, 2.75) is 37.1 Å². The largest absolute Gasteiger partial charge is 0.490 e. The maximum atomic E-state index is 12.1. The van der Waals surface area contributed by atoms with Gasteiger partial charge in [-0.05, 0) is 6.07 Å². The Bertz CT molecular complexity index is 1030. The summed E-state index contributed by atoms with van der Waals surface area (Å²) in [5.41, 5.74) is 4.48. The third kappa shape index (κ3) is 7.99. The van der Waals surface area contributed by atoms with E-state index in [0.29, 0.717) is 7.11 Å². The van der Waals surface area contributed by atoms with Gasteiger partial charge in [0.25, 0.3) is 0 Å². The highest BCUT2D eigenvalue weighted by Crippen LogP contribution is 2.67. The topological polar surface area (TPSA) is 280 Å². The second kappa shape index (κ2) is 10.7. The van der Waals surface area contributed by atoms with Crippen molar-refractivity contribution in [2.24, 2.45) is 0 Å². The highest BCUT2D eigenvalue weighted by Gasteiger charge is 2.44. The second-order valence-corrected chi connectivity index (χ2v) is 11.2. The minimum atomic E-state index is -5.67. The normalized spacial score (nSPS) is 31.7. The van der Waals surface area contributed by atoms with E-state index in [0.717, 1.165) is 10.8 Å². The van der Waals surface area contributed by atoms with Gasteiger partial charge in [-0.1, -0.05) is 0 Å². The predicted octanol–water partition coefficient (Wildman–Crippen LogP) is -1.81. The van der Waals surface area contributed by atoms with Crippen molar-refractivity contribution in [1.82, 2.24) is 9.55 Å². The summed E-state index contributed by atoms with van der Waals surface area (Å²) >= 11 is 0. The molecule has 8 N–H and O–H groups in total. The molecule has 1 aliphatic rings. The Morgan fingerprint density at radius 1 is 1.12 bits per heavy atom. The van der Waals surface area contributed by atoms with Gasteiger partial charge in [0.15, 0.2) is 0 Å². The molecule has 21 heteroatoms. The summed E-state index contributed by atoms with van der Waals surface area (Å²) in [4.78, 5) is 43.5. The number of phosphoric ester groups is 2. The SMILES string of the molecule is COP(=O)(O)OP(=O)(O)OP(=O)(O)OC[C@H]1O[C@@H](n2ccc(N)nc2=O)C[C@H](O)[C@H](O)[C@@H]1O. The summed E-state index contributed by atoms with van der Waals surface area (Å²) in [6, 6.07) is 1.22. The number of hydrogen-bond acceptors (Lipinski definition) is 14. The van der Waals surface area contributed by atoms with Crippen molar-refractivity contribution in [1.29, 1.82) is 0 Å². The van der Waals surface area contributed by atoms with Gasteiger partial charge in [-0.15, -0.1) is 0 Å². The Kier molecular flexibility index (Phi) is 9.12. The Morgan fingerprint density at radius 3 is 2.30 bits per heavy atom. The number of nitrogen functional groups attached to an aromatic ring is 1. The van der Waals surface area contributed by atoms with Gasteiger partial charge in [-0.2, -0.15) is 13.6 Å². The van der Waals surface area contributed by atoms with Gasteiger partial charge in [0, 0.05) is 19.7 Å². The molecule has 0 radical (unpaired) electrons. The number of ether oxygens (including phenoxy) is 1. The minimum absolute atomic E-state index is 0.125. The number of aromatic nitrogens is 2. The zero-order valence-electron chi connectivity index (χ0n) is 16.6. The van der Waals surface area contributed by atoms with Crippen LogP contribution in [0.3, 0.4) is 0 Å². The van der Waals surface area contributed by atoms with Crippen molar-refractivity contribution in [3.8, 4) is 0 Å². The van der Waals surface area contributed by atoms with Crippen LogP contribution in [0.25, 0.3) is 0 Å². The summed E-state index contributed by atoms with van der Waals surface area (Å²) in [5, 5.41) is 30.3. The molecule has 1 aromatic heterocycles. The second-order valence-electron chi connectivity index (χ2n) is 6.50. The number of aliphatic hydroxyl groups is 3. The standard InChI is InChI=1S/C12H22N3O15P3/c1-26-31(20,21)29-33(24,25)30-32(22,23)27-5-7-11(18)10(17)6(16)4-9(28-7)15-3-2-8(13)14-12(15)19/h2-3,6-7,9-11,16-18H,4-5H2,1H3,(H,20,21)(H,22,23)(H,24,25)(H2,13,14,19)/t6-,7+,9+,10-,11+/m0/s1. The fourth-order valence-corrected chi connectivity index (χ4v) is 5.86. The minimum Gasteiger partial charge on any atom is -0.390 e.